The third kappa shape index (κ3) is 5.06. The highest BCUT2D eigenvalue weighted by molar-refractivity contribution is 5.89. The number of benzene rings is 2. The molecule has 2 N–H and O–H groups in total. The number of nitrogens with one attached hydrogen (secondary N) is 1. The molecule has 0 saturated carbocycles. The van der Waals surface area contributed by atoms with Crippen molar-refractivity contribution in [3.63, 3.8) is 0 Å². The van der Waals surface area contributed by atoms with E-state index >= 15 is 0 Å². The predicted molar refractivity (Wildman–Crippen MR) is 122 cm³/mol. The van der Waals surface area contributed by atoms with E-state index in [-0.39, 0.29) is 17.6 Å². The van der Waals surface area contributed by atoms with E-state index in [2.05, 4.69) is 31.3 Å². The standard InChI is InChI=1S/C25H24N2O6/c1-25(2,3)17-7-9-20-21(12-17)33-22(14-31-20)23(28)27-26-13-18-8-10-19(32-18)15-5-4-6-16(11-15)24(29)30/h4-13,22H,14H2,1-3H3,(H,27,28)(H,29,30)/b26-13+/t22-/m1/s1. The Morgan fingerprint density at radius 3 is 2.67 bits per heavy atom. The molecular weight excluding hydrogens is 424 g/mol. The zero-order valence-corrected chi connectivity index (χ0v) is 18.5. The van der Waals surface area contributed by atoms with Gasteiger partial charge in [-0.05, 0) is 47.4 Å². The van der Waals surface area contributed by atoms with Gasteiger partial charge in [-0.2, -0.15) is 5.10 Å². The topological polar surface area (TPSA) is 110 Å². The third-order valence-corrected chi connectivity index (χ3v) is 5.15. The summed E-state index contributed by atoms with van der Waals surface area (Å²) in [5.74, 6) is 0.550. The molecule has 1 amide bonds. The summed E-state index contributed by atoms with van der Waals surface area (Å²) in [6.07, 6.45) is 0.522. The highest BCUT2D eigenvalue weighted by Crippen LogP contribution is 2.36. The maximum atomic E-state index is 12.5. The summed E-state index contributed by atoms with van der Waals surface area (Å²) in [5, 5.41) is 13.1. The van der Waals surface area contributed by atoms with Crippen LogP contribution in [0, 0.1) is 0 Å². The SMILES string of the molecule is CC(C)(C)c1ccc2c(c1)O[C@@H](C(=O)N/N=C/c1ccc(-c3cccc(C(=O)O)c3)o1)CO2. The molecule has 0 saturated heterocycles. The molecule has 170 valence electrons. The molecule has 0 spiro atoms. The van der Waals surface area contributed by atoms with Gasteiger partial charge in [0.05, 0.1) is 11.8 Å². The van der Waals surface area contributed by atoms with Crippen LogP contribution >= 0.6 is 0 Å². The van der Waals surface area contributed by atoms with Gasteiger partial charge >= 0.3 is 5.97 Å². The molecule has 8 nitrogen and oxygen atoms in total. The Balaban J connectivity index is 1.38. The lowest BCUT2D eigenvalue weighted by molar-refractivity contribution is -0.130. The Kier molecular flexibility index (Phi) is 5.91. The lowest BCUT2D eigenvalue weighted by Crippen LogP contribution is -2.42. The molecule has 1 atom stereocenters. The fourth-order valence-electron chi connectivity index (χ4n) is 3.28. The van der Waals surface area contributed by atoms with Gasteiger partial charge in [-0.15, -0.1) is 0 Å². The number of furan rings is 1. The second kappa shape index (κ2) is 8.82. The van der Waals surface area contributed by atoms with Crippen LogP contribution in [0.3, 0.4) is 0 Å². The average Bonchev–Trinajstić information content (AvgIpc) is 3.26. The summed E-state index contributed by atoms with van der Waals surface area (Å²) in [5.41, 5.74) is 4.24. The molecule has 2 heterocycles. The normalized spacial score (nSPS) is 15.4. The van der Waals surface area contributed by atoms with Crippen molar-refractivity contribution >= 4 is 18.1 Å². The predicted octanol–water partition coefficient (Wildman–Crippen LogP) is 4.23. The lowest BCUT2D eigenvalue weighted by atomic mass is 9.87. The summed E-state index contributed by atoms with van der Waals surface area (Å²) < 4.78 is 17.2. The molecule has 0 fully saturated rings. The van der Waals surface area contributed by atoms with E-state index in [4.69, 9.17) is 19.0 Å². The number of fused-ring (bicyclic) bond motifs is 1. The van der Waals surface area contributed by atoms with E-state index in [1.54, 1.807) is 24.3 Å². The van der Waals surface area contributed by atoms with Gasteiger partial charge < -0.3 is 19.0 Å². The molecule has 0 unspecified atom stereocenters. The monoisotopic (exact) mass is 448 g/mol. The number of carboxylic acid groups (broad SMARTS) is 1. The van der Waals surface area contributed by atoms with Gasteiger partial charge in [-0.3, -0.25) is 4.79 Å². The fourth-order valence-corrected chi connectivity index (χ4v) is 3.28. The summed E-state index contributed by atoms with van der Waals surface area (Å²) in [6, 6.07) is 15.5. The number of rotatable bonds is 5. The minimum absolute atomic E-state index is 0.0608. The summed E-state index contributed by atoms with van der Waals surface area (Å²) in [4.78, 5) is 23.6. The zero-order valence-electron chi connectivity index (χ0n) is 18.5. The maximum Gasteiger partial charge on any atom is 0.335 e. The molecule has 1 aliphatic heterocycles. The zero-order chi connectivity index (χ0) is 23.6. The first-order valence-electron chi connectivity index (χ1n) is 10.4. The molecule has 0 radical (unpaired) electrons. The smallest absolute Gasteiger partial charge is 0.335 e. The third-order valence-electron chi connectivity index (χ3n) is 5.15. The van der Waals surface area contributed by atoms with Crippen LogP contribution < -0.4 is 14.9 Å². The van der Waals surface area contributed by atoms with E-state index in [1.165, 1.54) is 18.3 Å². The van der Waals surface area contributed by atoms with Crippen molar-refractivity contribution in [3.8, 4) is 22.8 Å². The number of amides is 1. The average molecular weight is 448 g/mol. The van der Waals surface area contributed by atoms with Gasteiger partial charge in [0.15, 0.2) is 11.5 Å². The molecule has 1 aromatic heterocycles. The van der Waals surface area contributed by atoms with Gasteiger partial charge in [0, 0.05) is 5.56 Å². The van der Waals surface area contributed by atoms with E-state index in [9.17, 15) is 9.59 Å². The number of nitrogens with zero attached hydrogens (tertiary/aromatic N) is 1. The van der Waals surface area contributed by atoms with Crippen molar-refractivity contribution in [3.05, 3.63) is 71.5 Å². The molecule has 0 aliphatic carbocycles. The van der Waals surface area contributed by atoms with Gasteiger partial charge in [0.25, 0.3) is 5.91 Å². The fraction of sp³-hybridized carbons (Fsp3) is 0.240. The Hall–Kier alpha value is -4.07. The Morgan fingerprint density at radius 2 is 1.91 bits per heavy atom. The number of carbonyl (C=O) groups is 2. The van der Waals surface area contributed by atoms with E-state index in [0.29, 0.717) is 28.6 Å². The second-order valence-corrected chi connectivity index (χ2v) is 8.65. The minimum atomic E-state index is -1.01. The van der Waals surface area contributed by atoms with Crippen LogP contribution in [0.4, 0.5) is 0 Å². The molecular formula is C25H24N2O6. The molecule has 3 aromatic rings. The molecule has 4 rings (SSSR count). The van der Waals surface area contributed by atoms with Crippen LogP contribution in [0.5, 0.6) is 11.5 Å². The maximum absolute atomic E-state index is 12.5. The number of hydrazone groups is 1. The quantitative estimate of drug-likeness (QED) is 0.446. The molecule has 8 heteroatoms. The van der Waals surface area contributed by atoms with Gasteiger partial charge in [0.1, 0.15) is 18.1 Å². The minimum Gasteiger partial charge on any atom is -0.485 e. The Labute approximate surface area is 190 Å². The van der Waals surface area contributed by atoms with E-state index in [1.807, 2.05) is 18.2 Å². The lowest BCUT2D eigenvalue weighted by Gasteiger charge is -2.27. The van der Waals surface area contributed by atoms with Crippen molar-refractivity contribution < 1.29 is 28.6 Å². The largest absolute Gasteiger partial charge is 0.485 e. The van der Waals surface area contributed by atoms with Crippen molar-refractivity contribution in [1.82, 2.24) is 5.43 Å². The van der Waals surface area contributed by atoms with Crippen molar-refractivity contribution in [2.24, 2.45) is 5.10 Å². The highest BCUT2D eigenvalue weighted by Gasteiger charge is 2.28. The number of hydrogen-bond acceptors (Lipinski definition) is 6. The number of carboxylic acids is 1. The first kappa shape index (κ1) is 22.1. The molecule has 0 bridgehead atoms. The van der Waals surface area contributed by atoms with Gasteiger partial charge in [0.2, 0.25) is 6.10 Å². The van der Waals surface area contributed by atoms with Crippen molar-refractivity contribution in [1.29, 1.82) is 0 Å². The first-order chi connectivity index (χ1) is 15.7. The number of hydrogen-bond donors (Lipinski definition) is 2. The van der Waals surface area contributed by atoms with Gasteiger partial charge in [-0.25, -0.2) is 10.2 Å². The van der Waals surface area contributed by atoms with Crippen molar-refractivity contribution in [2.45, 2.75) is 32.3 Å². The summed E-state index contributed by atoms with van der Waals surface area (Å²) >= 11 is 0. The van der Waals surface area contributed by atoms with Crippen LogP contribution in [0.25, 0.3) is 11.3 Å². The van der Waals surface area contributed by atoms with Crippen molar-refractivity contribution in [2.75, 3.05) is 6.61 Å². The molecule has 1 aliphatic rings. The van der Waals surface area contributed by atoms with E-state index in [0.717, 1.165) is 5.56 Å². The number of carbonyl (C=O) groups excluding carboxylic acids is 1. The highest BCUT2D eigenvalue weighted by atomic mass is 16.6. The van der Waals surface area contributed by atoms with Crippen LogP contribution in [-0.4, -0.2) is 35.9 Å². The molecule has 33 heavy (non-hydrogen) atoms. The Bertz CT molecular complexity index is 1220. The van der Waals surface area contributed by atoms with Crippen LogP contribution in [0.15, 0.2) is 64.1 Å². The number of aromatic carboxylic acids is 1. The van der Waals surface area contributed by atoms with Crippen LogP contribution in [0.1, 0.15) is 42.5 Å². The van der Waals surface area contributed by atoms with Crippen LogP contribution in [-0.2, 0) is 10.2 Å². The van der Waals surface area contributed by atoms with Crippen LogP contribution in [0.2, 0.25) is 0 Å². The second-order valence-electron chi connectivity index (χ2n) is 8.65. The summed E-state index contributed by atoms with van der Waals surface area (Å²) in [6.45, 7) is 6.37. The molecule has 2 aromatic carbocycles. The number of ether oxygens (including phenoxy) is 2. The van der Waals surface area contributed by atoms with E-state index < -0.39 is 18.0 Å². The van der Waals surface area contributed by atoms with Gasteiger partial charge in [-0.1, -0.05) is 39.0 Å². The summed E-state index contributed by atoms with van der Waals surface area (Å²) in [7, 11) is 0. The first-order valence-corrected chi connectivity index (χ1v) is 10.4. The Morgan fingerprint density at radius 1 is 1.09 bits per heavy atom.